The molecule has 1 aromatic rings. The molecule has 0 aromatic heterocycles. The Balaban J connectivity index is 2.39. The zero-order valence-electron chi connectivity index (χ0n) is 8.09. The highest BCUT2D eigenvalue weighted by atomic mass is 35.5. The smallest absolute Gasteiger partial charge is 0.0406 e. The Morgan fingerprint density at radius 3 is 2.50 bits per heavy atom. The summed E-state index contributed by atoms with van der Waals surface area (Å²) in [6.07, 6.45) is 3.05. The monoisotopic (exact) mass is 207 g/mol. The highest BCUT2D eigenvalue weighted by Crippen LogP contribution is 2.08. The Hall–Kier alpha value is -0.970. The third-order valence-electron chi connectivity index (χ3n) is 1.83. The van der Waals surface area contributed by atoms with E-state index >= 15 is 0 Å². The molecule has 1 aromatic carbocycles. The lowest BCUT2D eigenvalue weighted by Crippen LogP contribution is -1.96. The zero-order chi connectivity index (χ0) is 10.2. The van der Waals surface area contributed by atoms with Gasteiger partial charge in [0.15, 0.2) is 0 Å². The fourth-order valence-electron chi connectivity index (χ4n) is 1.06. The summed E-state index contributed by atoms with van der Waals surface area (Å²) in [5.74, 6) is 6.19. The number of nitrogens with two attached hydrogens (primary N) is 1. The highest BCUT2D eigenvalue weighted by molar-refractivity contribution is 6.30. The van der Waals surface area contributed by atoms with Crippen molar-refractivity contribution in [2.75, 3.05) is 6.54 Å². The molecule has 0 spiro atoms. The standard InChI is InChI=1S/C12H14ClN/c13-12-8-6-11(7-9-12)5-3-1-2-4-10-14/h6-9H,1-2,4,10,14H2. The molecule has 2 N–H and O–H groups in total. The molecule has 0 aliphatic carbocycles. The molecule has 0 fully saturated rings. The van der Waals surface area contributed by atoms with Crippen molar-refractivity contribution < 1.29 is 0 Å². The lowest BCUT2D eigenvalue weighted by Gasteiger charge is -1.91. The van der Waals surface area contributed by atoms with Crippen molar-refractivity contribution in [1.29, 1.82) is 0 Å². The first-order valence-electron chi connectivity index (χ1n) is 4.77. The molecule has 1 rings (SSSR count). The van der Waals surface area contributed by atoms with Crippen LogP contribution in [0, 0.1) is 11.8 Å². The van der Waals surface area contributed by atoms with Crippen LogP contribution < -0.4 is 5.73 Å². The van der Waals surface area contributed by atoms with Gasteiger partial charge in [0.05, 0.1) is 0 Å². The van der Waals surface area contributed by atoms with Crippen LogP contribution >= 0.6 is 11.6 Å². The Morgan fingerprint density at radius 2 is 1.86 bits per heavy atom. The number of unbranched alkanes of at least 4 members (excludes halogenated alkanes) is 2. The van der Waals surface area contributed by atoms with Gasteiger partial charge in [-0.15, -0.1) is 0 Å². The largest absolute Gasteiger partial charge is 0.330 e. The van der Waals surface area contributed by atoms with Crippen LogP contribution in [0.4, 0.5) is 0 Å². The topological polar surface area (TPSA) is 26.0 Å². The van der Waals surface area contributed by atoms with Gasteiger partial charge in [0.25, 0.3) is 0 Å². The van der Waals surface area contributed by atoms with Gasteiger partial charge >= 0.3 is 0 Å². The van der Waals surface area contributed by atoms with Crippen LogP contribution in [0.1, 0.15) is 24.8 Å². The van der Waals surface area contributed by atoms with E-state index in [2.05, 4.69) is 11.8 Å². The van der Waals surface area contributed by atoms with E-state index in [0.717, 1.165) is 36.4 Å². The van der Waals surface area contributed by atoms with E-state index in [1.807, 2.05) is 24.3 Å². The lowest BCUT2D eigenvalue weighted by molar-refractivity contribution is 0.768. The van der Waals surface area contributed by atoms with Crippen molar-refractivity contribution >= 4 is 11.6 Å². The van der Waals surface area contributed by atoms with E-state index in [-0.39, 0.29) is 0 Å². The Morgan fingerprint density at radius 1 is 1.14 bits per heavy atom. The fourth-order valence-corrected chi connectivity index (χ4v) is 1.18. The van der Waals surface area contributed by atoms with E-state index < -0.39 is 0 Å². The minimum atomic E-state index is 0.749. The van der Waals surface area contributed by atoms with Gasteiger partial charge in [-0.1, -0.05) is 23.4 Å². The zero-order valence-corrected chi connectivity index (χ0v) is 8.85. The van der Waals surface area contributed by atoms with Crippen molar-refractivity contribution in [3.8, 4) is 11.8 Å². The third kappa shape index (κ3) is 4.32. The summed E-state index contributed by atoms with van der Waals surface area (Å²) in [6, 6.07) is 7.56. The predicted octanol–water partition coefficient (Wildman–Crippen LogP) is 2.82. The van der Waals surface area contributed by atoms with Gasteiger partial charge < -0.3 is 5.73 Å². The molecular formula is C12H14ClN. The fraction of sp³-hybridized carbons (Fsp3) is 0.333. The minimum absolute atomic E-state index is 0.749. The maximum absolute atomic E-state index is 5.75. The van der Waals surface area contributed by atoms with E-state index in [1.54, 1.807) is 0 Å². The molecule has 0 saturated carbocycles. The molecule has 0 aliphatic rings. The van der Waals surface area contributed by atoms with Gasteiger partial charge in [-0.25, -0.2) is 0 Å². The molecular weight excluding hydrogens is 194 g/mol. The maximum Gasteiger partial charge on any atom is 0.0406 e. The van der Waals surface area contributed by atoms with Gasteiger partial charge in [0.1, 0.15) is 0 Å². The molecule has 0 heterocycles. The first-order valence-corrected chi connectivity index (χ1v) is 5.15. The van der Waals surface area contributed by atoms with Gasteiger partial charge in [-0.05, 0) is 43.7 Å². The van der Waals surface area contributed by atoms with Crippen molar-refractivity contribution in [3.05, 3.63) is 34.9 Å². The number of benzene rings is 1. The molecule has 0 aliphatic heterocycles. The van der Waals surface area contributed by atoms with Crippen LogP contribution in [0.5, 0.6) is 0 Å². The summed E-state index contributed by atoms with van der Waals surface area (Å²) in [5, 5.41) is 0.749. The van der Waals surface area contributed by atoms with Crippen molar-refractivity contribution in [1.82, 2.24) is 0 Å². The summed E-state index contributed by atoms with van der Waals surface area (Å²) in [5.41, 5.74) is 6.39. The molecule has 14 heavy (non-hydrogen) atoms. The van der Waals surface area contributed by atoms with Gasteiger partial charge in [-0.3, -0.25) is 0 Å². The Bertz CT molecular complexity index is 318. The van der Waals surface area contributed by atoms with E-state index in [9.17, 15) is 0 Å². The first kappa shape index (κ1) is 11.1. The number of halogens is 1. The third-order valence-corrected chi connectivity index (χ3v) is 2.08. The molecule has 2 heteroatoms. The van der Waals surface area contributed by atoms with E-state index in [0.29, 0.717) is 0 Å². The van der Waals surface area contributed by atoms with E-state index in [1.165, 1.54) is 0 Å². The van der Waals surface area contributed by atoms with Crippen LogP contribution in [0.25, 0.3) is 0 Å². The van der Waals surface area contributed by atoms with Gasteiger partial charge in [0, 0.05) is 17.0 Å². The second-order valence-electron chi connectivity index (χ2n) is 3.05. The average molecular weight is 208 g/mol. The average Bonchev–Trinajstić information content (AvgIpc) is 2.21. The summed E-state index contributed by atoms with van der Waals surface area (Å²) in [7, 11) is 0. The van der Waals surface area contributed by atoms with Crippen molar-refractivity contribution in [2.24, 2.45) is 5.73 Å². The normalized spacial score (nSPS) is 9.29. The molecule has 0 atom stereocenters. The maximum atomic E-state index is 5.75. The SMILES string of the molecule is NCCCCC#Cc1ccc(Cl)cc1. The molecule has 0 unspecified atom stereocenters. The highest BCUT2D eigenvalue weighted by Gasteiger charge is 1.86. The predicted molar refractivity (Wildman–Crippen MR) is 61.2 cm³/mol. The number of hydrogen-bond donors (Lipinski definition) is 1. The van der Waals surface area contributed by atoms with Crippen LogP contribution in [-0.4, -0.2) is 6.54 Å². The molecule has 1 nitrogen and oxygen atoms in total. The Labute approximate surface area is 90.3 Å². The molecule has 0 saturated heterocycles. The molecule has 0 bridgehead atoms. The minimum Gasteiger partial charge on any atom is -0.330 e. The van der Waals surface area contributed by atoms with Crippen molar-refractivity contribution in [3.63, 3.8) is 0 Å². The second-order valence-corrected chi connectivity index (χ2v) is 3.49. The van der Waals surface area contributed by atoms with Gasteiger partial charge in [-0.2, -0.15) is 0 Å². The number of rotatable bonds is 3. The second kappa shape index (κ2) is 6.48. The van der Waals surface area contributed by atoms with Crippen molar-refractivity contribution in [2.45, 2.75) is 19.3 Å². The summed E-state index contributed by atoms with van der Waals surface area (Å²) >= 11 is 5.75. The van der Waals surface area contributed by atoms with Gasteiger partial charge in [0.2, 0.25) is 0 Å². The quantitative estimate of drug-likeness (QED) is 0.599. The molecule has 0 radical (unpaired) electrons. The van der Waals surface area contributed by atoms with Crippen LogP contribution in [0.3, 0.4) is 0 Å². The summed E-state index contributed by atoms with van der Waals surface area (Å²) < 4.78 is 0. The Kier molecular flexibility index (Phi) is 5.14. The first-order chi connectivity index (χ1) is 6.83. The van der Waals surface area contributed by atoms with Crippen LogP contribution in [0.2, 0.25) is 5.02 Å². The summed E-state index contributed by atoms with van der Waals surface area (Å²) in [4.78, 5) is 0. The van der Waals surface area contributed by atoms with E-state index in [4.69, 9.17) is 17.3 Å². The summed E-state index contributed by atoms with van der Waals surface area (Å²) in [6.45, 7) is 0.753. The molecule has 74 valence electrons. The number of hydrogen-bond acceptors (Lipinski definition) is 1. The lowest BCUT2D eigenvalue weighted by atomic mass is 10.2. The van der Waals surface area contributed by atoms with Crippen LogP contribution in [-0.2, 0) is 0 Å². The van der Waals surface area contributed by atoms with Crippen LogP contribution in [0.15, 0.2) is 24.3 Å². The molecule has 0 amide bonds.